The van der Waals surface area contributed by atoms with Gasteiger partial charge in [0.25, 0.3) is 0 Å². The first-order chi connectivity index (χ1) is 16.9. The molecule has 4 heterocycles. The number of hydrogen-bond acceptors (Lipinski definition) is 5. The maximum absolute atomic E-state index is 13.7. The van der Waals surface area contributed by atoms with Crippen LogP contribution in [-0.4, -0.2) is 51.0 Å². The van der Waals surface area contributed by atoms with Crippen molar-refractivity contribution in [3.63, 3.8) is 0 Å². The normalized spacial score (nSPS) is 12.1. The molecule has 0 saturated carbocycles. The summed E-state index contributed by atoms with van der Waals surface area (Å²) in [6, 6.07) is 12.5. The van der Waals surface area contributed by atoms with E-state index in [-0.39, 0.29) is 5.78 Å². The second kappa shape index (κ2) is 9.09. The molecule has 178 valence electrons. The van der Waals surface area contributed by atoms with Gasteiger partial charge >= 0.3 is 10.2 Å². The predicted octanol–water partition coefficient (Wildman–Crippen LogP) is 4.64. The fraction of sp³-hybridized carbons (Fsp3) is 0.192. The van der Waals surface area contributed by atoms with Crippen molar-refractivity contribution in [3.05, 3.63) is 84.6 Å². The largest absolute Gasteiger partial charge is 0.345 e. The first-order valence-corrected chi connectivity index (χ1v) is 12.8. The number of rotatable bonds is 8. The monoisotopic (exact) mass is 487 g/mol. The maximum Gasteiger partial charge on any atom is 0.307 e. The summed E-state index contributed by atoms with van der Waals surface area (Å²) in [7, 11) is -2.17. The SMILES string of the molecule is CCCCN(C)S(=O)(=O)n1ccc2c(C(=O)c3c[nH]c4ncc(-c5cccnc5)cc34)cccc21. The molecule has 4 aromatic heterocycles. The smallest absolute Gasteiger partial charge is 0.307 e. The number of aromatic amines is 1. The first kappa shape index (κ1) is 22.9. The van der Waals surface area contributed by atoms with Gasteiger partial charge in [-0.2, -0.15) is 12.7 Å². The molecular weight excluding hydrogens is 462 g/mol. The van der Waals surface area contributed by atoms with Crippen LogP contribution < -0.4 is 0 Å². The van der Waals surface area contributed by atoms with Crippen molar-refractivity contribution in [2.75, 3.05) is 13.6 Å². The van der Waals surface area contributed by atoms with Crippen molar-refractivity contribution in [1.82, 2.24) is 23.2 Å². The number of carbonyl (C=O) groups excluding carboxylic acids is 1. The molecule has 0 fully saturated rings. The molecule has 5 rings (SSSR count). The number of nitrogens with one attached hydrogen (secondary N) is 1. The van der Waals surface area contributed by atoms with Crippen molar-refractivity contribution in [2.24, 2.45) is 0 Å². The van der Waals surface area contributed by atoms with E-state index >= 15 is 0 Å². The Bertz CT molecular complexity index is 1640. The van der Waals surface area contributed by atoms with E-state index in [1.165, 1.54) is 14.5 Å². The number of benzene rings is 1. The van der Waals surface area contributed by atoms with Crippen LogP contribution in [0.25, 0.3) is 33.1 Å². The van der Waals surface area contributed by atoms with Gasteiger partial charge in [-0.3, -0.25) is 9.78 Å². The molecule has 35 heavy (non-hydrogen) atoms. The first-order valence-electron chi connectivity index (χ1n) is 11.4. The van der Waals surface area contributed by atoms with Crippen LogP contribution in [0.3, 0.4) is 0 Å². The number of carbonyl (C=O) groups is 1. The molecule has 0 bridgehead atoms. The lowest BCUT2D eigenvalue weighted by molar-refractivity contribution is 0.104. The van der Waals surface area contributed by atoms with Gasteiger partial charge < -0.3 is 4.98 Å². The number of pyridine rings is 2. The van der Waals surface area contributed by atoms with Crippen LogP contribution in [0.15, 0.2) is 73.4 Å². The van der Waals surface area contributed by atoms with Gasteiger partial charge in [0.15, 0.2) is 5.78 Å². The van der Waals surface area contributed by atoms with E-state index in [1.807, 2.05) is 25.1 Å². The van der Waals surface area contributed by atoms with E-state index < -0.39 is 10.2 Å². The van der Waals surface area contributed by atoms with Gasteiger partial charge in [0, 0.05) is 77.6 Å². The lowest BCUT2D eigenvalue weighted by Gasteiger charge is -2.18. The maximum atomic E-state index is 13.7. The number of H-pyrrole nitrogens is 1. The molecule has 0 atom stereocenters. The summed E-state index contributed by atoms with van der Waals surface area (Å²) >= 11 is 0. The number of nitrogens with zero attached hydrogens (tertiary/aromatic N) is 4. The van der Waals surface area contributed by atoms with Gasteiger partial charge in [-0.1, -0.05) is 31.5 Å². The number of ketones is 1. The number of aromatic nitrogens is 4. The molecule has 0 saturated heterocycles. The Labute approximate surface area is 203 Å². The highest BCUT2D eigenvalue weighted by Gasteiger charge is 2.24. The van der Waals surface area contributed by atoms with Gasteiger partial charge in [-0.25, -0.2) is 8.96 Å². The van der Waals surface area contributed by atoms with Crippen molar-refractivity contribution < 1.29 is 13.2 Å². The summed E-state index contributed by atoms with van der Waals surface area (Å²) in [6.07, 6.45) is 10.0. The Hall–Kier alpha value is -3.82. The van der Waals surface area contributed by atoms with Crippen molar-refractivity contribution in [1.29, 1.82) is 0 Å². The van der Waals surface area contributed by atoms with E-state index in [0.717, 1.165) is 24.0 Å². The molecule has 0 aliphatic heterocycles. The summed E-state index contributed by atoms with van der Waals surface area (Å²) < 4.78 is 28.9. The van der Waals surface area contributed by atoms with Crippen LogP contribution in [0.4, 0.5) is 0 Å². The molecule has 0 aliphatic rings. The number of hydrogen-bond donors (Lipinski definition) is 1. The Morgan fingerprint density at radius 1 is 1.06 bits per heavy atom. The fourth-order valence-electron chi connectivity index (χ4n) is 4.22. The predicted molar refractivity (Wildman–Crippen MR) is 137 cm³/mol. The Morgan fingerprint density at radius 3 is 2.69 bits per heavy atom. The summed E-state index contributed by atoms with van der Waals surface area (Å²) in [5, 5.41) is 1.27. The van der Waals surface area contributed by atoms with Gasteiger partial charge in [0.1, 0.15) is 5.65 Å². The van der Waals surface area contributed by atoms with Crippen LogP contribution in [0.2, 0.25) is 0 Å². The third-order valence-corrected chi connectivity index (χ3v) is 7.97. The Balaban J connectivity index is 1.57. The van der Waals surface area contributed by atoms with Crippen LogP contribution in [-0.2, 0) is 10.2 Å². The summed E-state index contributed by atoms with van der Waals surface area (Å²) in [6.45, 7) is 2.45. The average molecular weight is 488 g/mol. The van der Waals surface area contributed by atoms with Crippen LogP contribution in [0.5, 0.6) is 0 Å². The minimum atomic E-state index is -3.75. The zero-order chi connectivity index (χ0) is 24.6. The summed E-state index contributed by atoms with van der Waals surface area (Å²) in [4.78, 5) is 25.4. The zero-order valence-electron chi connectivity index (χ0n) is 19.5. The zero-order valence-corrected chi connectivity index (χ0v) is 20.3. The Kier molecular flexibility index (Phi) is 5.96. The molecule has 5 aromatic rings. The lowest BCUT2D eigenvalue weighted by Crippen LogP contribution is -2.32. The molecule has 0 spiro atoms. The van der Waals surface area contributed by atoms with Crippen molar-refractivity contribution in [2.45, 2.75) is 19.8 Å². The van der Waals surface area contributed by atoms with Gasteiger partial charge in [-0.15, -0.1) is 0 Å². The van der Waals surface area contributed by atoms with Crippen molar-refractivity contribution >= 4 is 37.9 Å². The molecular formula is C26H25N5O3S. The minimum absolute atomic E-state index is 0.207. The quantitative estimate of drug-likeness (QED) is 0.322. The molecule has 0 radical (unpaired) electrons. The van der Waals surface area contributed by atoms with E-state index in [1.54, 1.807) is 56.1 Å². The molecule has 8 nitrogen and oxygen atoms in total. The highest BCUT2D eigenvalue weighted by atomic mass is 32.2. The second-order valence-corrected chi connectivity index (χ2v) is 10.3. The topological polar surface area (TPSA) is 101 Å². The fourth-order valence-corrected chi connectivity index (χ4v) is 5.50. The van der Waals surface area contributed by atoms with Crippen molar-refractivity contribution in [3.8, 4) is 11.1 Å². The molecule has 9 heteroatoms. The molecule has 1 N–H and O–H groups in total. The van der Waals surface area contributed by atoms with E-state index in [9.17, 15) is 13.2 Å². The third-order valence-electron chi connectivity index (χ3n) is 6.18. The average Bonchev–Trinajstić information content (AvgIpc) is 3.51. The van der Waals surface area contributed by atoms with Crippen LogP contribution >= 0.6 is 0 Å². The number of unbranched alkanes of at least 4 members (excludes halogenated alkanes) is 1. The number of fused-ring (bicyclic) bond motifs is 2. The highest BCUT2D eigenvalue weighted by Crippen LogP contribution is 2.29. The summed E-state index contributed by atoms with van der Waals surface area (Å²) in [5.74, 6) is -0.207. The minimum Gasteiger partial charge on any atom is -0.345 e. The summed E-state index contributed by atoms with van der Waals surface area (Å²) in [5.41, 5.74) is 3.73. The Morgan fingerprint density at radius 2 is 1.91 bits per heavy atom. The van der Waals surface area contributed by atoms with Gasteiger partial charge in [-0.05, 0) is 30.7 Å². The highest BCUT2D eigenvalue weighted by molar-refractivity contribution is 7.87. The molecule has 1 aromatic carbocycles. The second-order valence-electron chi connectivity index (χ2n) is 8.43. The molecule has 0 amide bonds. The third kappa shape index (κ3) is 4.02. The van der Waals surface area contributed by atoms with Gasteiger partial charge in [0.2, 0.25) is 0 Å². The van der Waals surface area contributed by atoms with E-state index in [2.05, 4.69) is 15.0 Å². The lowest BCUT2D eigenvalue weighted by atomic mass is 9.99. The van der Waals surface area contributed by atoms with Gasteiger partial charge in [0.05, 0.1) is 5.52 Å². The molecule has 0 unspecified atom stereocenters. The van der Waals surface area contributed by atoms with E-state index in [0.29, 0.717) is 39.6 Å². The van der Waals surface area contributed by atoms with E-state index in [4.69, 9.17) is 0 Å². The van der Waals surface area contributed by atoms with Crippen LogP contribution in [0, 0.1) is 0 Å². The standard InChI is InChI=1S/C26H25N5O3S/c1-3-4-12-30(2)35(33,34)31-13-10-20-21(8-5-9-24(20)31)25(32)23-17-29-26-22(23)14-19(16-28-26)18-7-6-11-27-15-18/h5-11,13-17H,3-4,12H2,1-2H3,(H,28,29). The molecule has 0 aliphatic carbocycles. The van der Waals surface area contributed by atoms with Crippen LogP contribution in [0.1, 0.15) is 35.7 Å².